The summed E-state index contributed by atoms with van der Waals surface area (Å²) in [4.78, 5) is 10.9. The van der Waals surface area contributed by atoms with Gasteiger partial charge in [0.05, 0.1) is 15.7 Å². The molecule has 0 amide bonds. The third-order valence-electron chi connectivity index (χ3n) is 2.75. The van der Waals surface area contributed by atoms with Crippen LogP contribution in [0.4, 0.5) is 20.2 Å². The molecule has 2 aromatic carbocycles. The summed E-state index contributed by atoms with van der Waals surface area (Å²) >= 11 is 2.98. The van der Waals surface area contributed by atoms with Crippen LogP contribution in [0.5, 0.6) is 0 Å². The molecule has 3 nitrogen and oxygen atoms in total. The molecule has 0 fully saturated rings. The second-order valence-corrected chi connectivity index (χ2v) is 5.06. The predicted molar refractivity (Wildman–Crippen MR) is 75.5 cm³/mol. The molecule has 0 bridgehead atoms. The first-order valence-corrected chi connectivity index (χ1v) is 6.43. The summed E-state index contributed by atoms with van der Waals surface area (Å²) in [6.45, 7) is 1.64. The molecule has 0 unspecified atom stereocenters. The van der Waals surface area contributed by atoms with Gasteiger partial charge in [0.1, 0.15) is 11.6 Å². The average Bonchev–Trinajstić information content (AvgIpc) is 2.35. The van der Waals surface area contributed by atoms with Crippen molar-refractivity contribution >= 4 is 33.3 Å². The van der Waals surface area contributed by atoms with Gasteiger partial charge >= 0.3 is 5.97 Å². The van der Waals surface area contributed by atoms with Crippen molar-refractivity contribution in [2.75, 3.05) is 5.32 Å². The molecule has 0 aliphatic carbocycles. The lowest BCUT2D eigenvalue weighted by Gasteiger charge is -2.10. The van der Waals surface area contributed by atoms with Crippen molar-refractivity contribution in [3.63, 3.8) is 0 Å². The van der Waals surface area contributed by atoms with Crippen LogP contribution in [-0.2, 0) is 0 Å². The second-order valence-electron chi connectivity index (χ2n) is 4.21. The summed E-state index contributed by atoms with van der Waals surface area (Å²) in [5.41, 5.74) is 1.34. The molecule has 0 spiro atoms. The Hall–Kier alpha value is -1.95. The molecule has 0 aliphatic heterocycles. The van der Waals surface area contributed by atoms with Crippen LogP contribution in [-0.4, -0.2) is 11.1 Å². The zero-order valence-electron chi connectivity index (χ0n) is 10.4. The summed E-state index contributed by atoms with van der Waals surface area (Å²) in [6.07, 6.45) is 0. The summed E-state index contributed by atoms with van der Waals surface area (Å²) in [5, 5.41) is 11.7. The number of anilines is 2. The number of carboxylic acid groups (broad SMARTS) is 1. The monoisotopic (exact) mass is 341 g/mol. The fourth-order valence-electron chi connectivity index (χ4n) is 1.76. The average molecular weight is 342 g/mol. The summed E-state index contributed by atoms with van der Waals surface area (Å²) in [5.74, 6) is -2.44. The maximum Gasteiger partial charge on any atom is 0.335 e. The third-order valence-corrected chi connectivity index (χ3v) is 3.35. The van der Waals surface area contributed by atoms with Gasteiger partial charge in [0.15, 0.2) is 0 Å². The molecule has 2 rings (SSSR count). The number of hydrogen-bond acceptors (Lipinski definition) is 2. The zero-order chi connectivity index (χ0) is 14.9. The quantitative estimate of drug-likeness (QED) is 0.809. The van der Waals surface area contributed by atoms with Gasteiger partial charge < -0.3 is 10.4 Å². The molecule has 104 valence electrons. The number of benzene rings is 2. The van der Waals surface area contributed by atoms with Crippen LogP contribution in [0.15, 0.2) is 34.8 Å². The lowest BCUT2D eigenvalue weighted by molar-refractivity contribution is 0.0696. The molecule has 0 heterocycles. The standard InChI is InChI=1S/C14H10BrF2NO2/c1-7-4-8(2-3-9(7)14(19)20)18-13-5-10(15)11(16)6-12(13)17/h2-6,18H,1H3,(H,19,20). The Bertz CT molecular complexity index is 689. The van der Waals surface area contributed by atoms with Crippen LogP contribution in [0, 0.1) is 18.6 Å². The minimum atomic E-state index is -1.02. The molecule has 6 heteroatoms. The first-order valence-electron chi connectivity index (χ1n) is 5.64. The van der Waals surface area contributed by atoms with Gasteiger partial charge in [0.25, 0.3) is 0 Å². The van der Waals surface area contributed by atoms with E-state index in [9.17, 15) is 13.6 Å². The topological polar surface area (TPSA) is 49.3 Å². The van der Waals surface area contributed by atoms with Gasteiger partial charge in [0, 0.05) is 11.8 Å². The number of rotatable bonds is 3. The highest BCUT2D eigenvalue weighted by Gasteiger charge is 2.10. The number of nitrogens with one attached hydrogen (secondary N) is 1. The number of carbonyl (C=O) groups is 1. The molecular weight excluding hydrogens is 332 g/mol. The summed E-state index contributed by atoms with van der Waals surface area (Å²) in [7, 11) is 0. The van der Waals surface area contributed by atoms with Gasteiger partial charge in [-0.3, -0.25) is 0 Å². The van der Waals surface area contributed by atoms with Crippen LogP contribution in [0.1, 0.15) is 15.9 Å². The Morgan fingerprint density at radius 3 is 2.50 bits per heavy atom. The largest absolute Gasteiger partial charge is 0.478 e. The van der Waals surface area contributed by atoms with Crippen LogP contribution in [0.2, 0.25) is 0 Å². The van der Waals surface area contributed by atoms with E-state index in [0.717, 1.165) is 6.07 Å². The van der Waals surface area contributed by atoms with E-state index in [2.05, 4.69) is 21.2 Å². The van der Waals surface area contributed by atoms with Crippen molar-refractivity contribution in [3.05, 3.63) is 57.6 Å². The second kappa shape index (κ2) is 5.58. The number of aryl methyl sites for hydroxylation is 1. The maximum atomic E-state index is 13.6. The fourth-order valence-corrected chi connectivity index (χ4v) is 2.10. The van der Waals surface area contributed by atoms with Gasteiger partial charge in [0.2, 0.25) is 0 Å². The molecule has 0 aliphatic rings. The Morgan fingerprint density at radius 2 is 1.90 bits per heavy atom. The van der Waals surface area contributed by atoms with Crippen molar-refractivity contribution in [1.29, 1.82) is 0 Å². The van der Waals surface area contributed by atoms with Crippen LogP contribution in [0.3, 0.4) is 0 Å². The smallest absolute Gasteiger partial charge is 0.335 e. The molecule has 0 radical (unpaired) electrons. The van der Waals surface area contributed by atoms with Crippen molar-refractivity contribution in [1.82, 2.24) is 0 Å². The molecular formula is C14H10BrF2NO2. The molecule has 0 saturated heterocycles. The lowest BCUT2D eigenvalue weighted by Crippen LogP contribution is -2.01. The van der Waals surface area contributed by atoms with E-state index in [0.29, 0.717) is 11.3 Å². The van der Waals surface area contributed by atoms with E-state index in [1.807, 2.05) is 0 Å². The van der Waals surface area contributed by atoms with Gasteiger partial charge in [-0.15, -0.1) is 0 Å². The van der Waals surface area contributed by atoms with E-state index < -0.39 is 17.6 Å². The third kappa shape index (κ3) is 2.96. The van der Waals surface area contributed by atoms with E-state index in [1.165, 1.54) is 18.2 Å². The first kappa shape index (κ1) is 14.5. The summed E-state index contributed by atoms with van der Waals surface area (Å²) < 4.78 is 26.9. The highest BCUT2D eigenvalue weighted by molar-refractivity contribution is 9.10. The summed E-state index contributed by atoms with van der Waals surface area (Å²) in [6, 6.07) is 6.58. The normalized spacial score (nSPS) is 10.4. The van der Waals surface area contributed by atoms with E-state index in [4.69, 9.17) is 5.11 Å². The number of carboxylic acids is 1. The van der Waals surface area contributed by atoms with Crippen molar-refractivity contribution in [2.45, 2.75) is 6.92 Å². The van der Waals surface area contributed by atoms with Gasteiger partial charge in [-0.25, -0.2) is 13.6 Å². The SMILES string of the molecule is Cc1cc(Nc2cc(Br)c(F)cc2F)ccc1C(=O)O. The van der Waals surface area contributed by atoms with Crippen LogP contribution < -0.4 is 5.32 Å². The predicted octanol–water partition coefficient (Wildman–Crippen LogP) is 4.48. The molecule has 2 aromatic rings. The van der Waals surface area contributed by atoms with Gasteiger partial charge in [-0.1, -0.05) is 0 Å². The Labute approximate surface area is 122 Å². The van der Waals surface area contributed by atoms with E-state index >= 15 is 0 Å². The van der Waals surface area contributed by atoms with Crippen molar-refractivity contribution in [3.8, 4) is 0 Å². The minimum Gasteiger partial charge on any atom is -0.478 e. The molecule has 20 heavy (non-hydrogen) atoms. The van der Waals surface area contributed by atoms with E-state index in [1.54, 1.807) is 13.0 Å². The highest BCUT2D eigenvalue weighted by atomic mass is 79.9. The van der Waals surface area contributed by atoms with Crippen LogP contribution >= 0.6 is 15.9 Å². The molecule has 0 atom stereocenters. The number of hydrogen-bond donors (Lipinski definition) is 2. The fraction of sp³-hybridized carbons (Fsp3) is 0.0714. The Kier molecular flexibility index (Phi) is 4.04. The van der Waals surface area contributed by atoms with Crippen molar-refractivity contribution < 1.29 is 18.7 Å². The Balaban J connectivity index is 2.33. The van der Waals surface area contributed by atoms with Crippen molar-refractivity contribution in [2.24, 2.45) is 0 Å². The van der Waals surface area contributed by atoms with Gasteiger partial charge in [-0.05, 0) is 52.7 Å². The highest BCUT2D eigenvalue weighted by Crippen LogP contribution is 2.27. The zero-order valence-corrected chi connectivity index (χ0v) is 12.0. The number of aromatic carboxylic acids is 1. The van der Waals surface area contributed by atoms with E-state index in [-0.39, 0.29) is 15.7 Å². The van der Waals surface area contributed by atoms with Crippen LogP contribution in [0.25, 0.3) is 0 Å². The molecule has 0 saturated carbocycles. The maximum absolute atomic E-state index is 13.6. The first-order chi connectivity index (χ1) is 9.38. The Morgan fingerprint density at radius 1 is 1.20 bits per heavy atom. The minimum absolute atomic E-state index is 0.0979. The molecule has 0 aromatic heterocycles. The lowest BCUT2D eigenvalue weighted by atomic mass is 10.1. The number of halogens is 3. The molecule has 2 N–H and O–H groups in total. The van der Waals surface area contributed by atoms with Gasteiger partial charge in [-0.2, -0.15) is 0 Å².